The Morgan fingerprint density at radius 1 is 1.30 bits per heavy atom. The fraction of sp³-hybridized carbons (Fsp3) is 0.688. The van der Waals surface area contributed by atoms with E-state index in [1.807, 2.05) is 0 Å². The molecule has 0 radical (unpaired) electrons. The van der Waals surface area contributed by atoms with Crippen LogP contribution in [0.5, 0.6) is 0 Å². The molecule has 1 amide bonds. The van der Waals surface area contributed by atoms with Crippen molar-refractivity contribution >= 4 is 5.91 Å². The standard InChI is InChI=1S/C16H24N4O3/c21-11-12-2-1-7-20(10-12)13-3-8-19(9-4-13)16(23)14-15(22)18-6-5-17-14/h5-6,12-13,21H,1-4,7-11H2,(H,18,22). The van der Waals surface area contributed by atoms with Gasteiger partial charge >= 0.3 is 0 Å². The Bertz CT molecular complexity index is 595. The highest BCUT2D eigenvalue weighted by Gasteiger charge is 2.31. The third kappa shape index (κ3) is 3.61. The lowest BCUT2D eigenvalue weighted by atomic mass is 9.94. The first-order chi connectivity index (χ1) is 11.2. The lowest BCUT2D eigenvalue weighted by molar-refractivity contribution is 0.0451. The van der Waals surface area contributed by atoms with Crippen LogP contribution in [-0.4, -0.2) is 69.6 Å². The predicted molar refractivity (Wildman–Crippen MR) is 85.2 cm³/mol. The van der Waals surface area contributed by atoms with E-state index in [0.29, 0.717) is 25.0 Å². The Kier molecular flexibility index (Phi) is 5.07. The van der Waals surface area contributed by atoms with Gasteiger partial charge in [0.25, 0.3) is 11.5 Å². The average Bonchev–Trinajstić information content (AvgIpc) is 2.62. The molecule has 0 saturated carbocycles. The molecule has 1 aromatic rings. The molecule has 2 saturated heterocycles. The van der Waals surface area contributed by atoms with E-state index in [1.54, 1.807) is 4.90 Å². The van der Waals surface area contributed by atoms with Crippen molar-refractivity contribution in [3.63, 3.8) is 0 Å². The van der Waals surface area contributed by atoms with Crippen molar-refractivity contribution in [1.82, 2.24) is 19.8 Å². The second kappa shape index (κ2) is 7.23. The minimum atomic E-state index is -0.429. The molecule has 7 nitrogen and oxygen atoms in total. The number of likely N-dealkylation sites (tertiary alicyclic amines) is 2. The maximum absolute atomic E-state index is 12.4. The van der Waals surface area contributed by atoms with Crippen LogP contribution in [0.25, 0.3) is 0 Å². The van der Waals surface area contributed by atoms with Crippen molar-refractivity contribution in [3.05, 3.63) is 28.4 Å². The Hall–Kier alpha value is -1.73. The van der Waals surface area contributed by atoms with E-state index in [2.05, 4.69) is 14.9 Å². The summed E-state index contributed by atoms with van der Waals surface area (Å²) in [5, 5.41) is 9.36. The van der Waals surface area contributed by atoms with Gasteiger partial charge in [0, 0.05) is 44.7 Å². The number of piperidine rings is 2. The van der Waals surface area contributed by atoms with Gasteiger partial charge in [0.05, 0.1) is 0 Å². The highest BCUT2D eigenvalue weighted by atomic mass is 16.3. The summed E-state index contributed by atoms with van der Waals surface area (Å²) in [4.78, 5) is 34.7. The fourth-order valence-corrected chi connectivity index (χ4v) is 3.67. The molecular weight excluding hydrogens is 296 g/mol. The Labute approximate surface area is 135 Å². The van der Waals surface area contributed by atoms with Crippen LogP contribution >= 0.6 is 0 Å². The summed E-state index contributed by atoms with van der Waals surface area (Å²) in [6.45, 7) is 3.60. The van der Waals surface area contributed by atoms with Gasteiger partial charge < -0.3 is 15.0 Å². The van der Waals surface area contributed by atoms with Gasteiger partial charge in [-0.15, -0.1) is 0 Å². The van der Waals surface area contributed by atoms with Crippen LogP contribution in [0.3, 0.4) is 0 Å². The average molecular weight is 320 g/mol. The lowest BCUT2D eigenvalue weighted by Gasteiger charge is -2.42. The zero-order valence-corrected chi connectivity index (χ0v) is 13.3. The molecule has 2 N–H and O–H groups in total. The summed E-state index contributed by atoms with van der Waals surface area (Å²) in [6, 6.07) is 0.468. The predicted octanol–water partition coefficient (Wildman–Crippen LogP) is 0.0788. The fourth-order valence-electron chi connectivity index (χ4n) is 3.67. The van der Waals surface area contributed by atoms with Crippen molar-refractivity contribution in [2.24, 2.45) is 5.92 Å². The number of hydrogen-bond acceptors (Lipinski definition) is 5. The van der Waals surface area contributed by atoms with Crippen LogP contribution in [0.2, 0.25) is 0 Å². The SMILES string of the molecule is O=C(c1ncc[nH]c1=O)N1CCC(N2CCCC(CO)C2)CC1. The first kappa shape index (κ1) is 16.1. The first-order valence-electron chi connectivity index (χ1n) is 8.37. The quantitative estimate of drug-likeness (QED) is 0.823. The molecule has 1 unspecified atom stereocenters. The van der Waals surface area contributed by atoms with Crippen LogP contribution < -0.4 is 5.56 Å². The largest absolute Gasteiger partial charge is 0.396 e. The number of carbonyl (C=O) groups is 1. The van der Waals surface area contributed by atoms with Crippen LogP contribution in [0.15, 0.2) is 17.2 Å². The van der Waals surface area contributed by atoms with E-state index in [4.69, 9.17) is 0 Å². The molecule has 1 atom stereocenters. The van der Waals surface area contributed by atoms with Crippen LogP contribution in [0, 0.1) is 5.92 Å². The minimum absolute atomic E-state index is 0.0238. The molecule has 0 bridgehead atoms. The normalized spacial score (nSPS) is 23.9. The summed E-state index contributed by atoms with van der Waals surface area (Å²) >= 11 is 0. The minimum Gasteiger partial charge on any atom is -0.396 e. The van der Waals surface area contributed by atoms with Crippen molar-refractivity contribution in [2.45, 2.75) is 31.7 Å². The molecule has 2 aliphatic heterocycles. The van der Waals surface area contributed by atoms with Gasteiger partial charge in [0.2, 0.25) is 0 Å². The van der Waals surface area contributed by atoms with Gasteiger partial charge in [-0.1, -0.05) is 0 Å². The number of nitrogens with one attached hydrogen (secondary N) is 1. The number of aliphatic hydroxyl groups excluding tert-OH is 1. The topological polar surface area (TPSA) is 89.5 Å². The summed E-state index contributed by atoms with van der Waals surface area (Å²) in [6.07, 6.45) is 6.92. The molecule has 0 aliphatic carbocycles. The van der Waals surface area contributed by atoms with Gasteiger partial charge in [-0.3, -0.25) is 14.5 Å². The molecule has 1 aromatic heterocycles. The van der Waals surface area contributed by atoms with Crippen LogP contribution in [0.4, 0.5) is 0 Å². The summed E-state index contributed by atoms with van der Waals surface area (Å²) < 4.78 is 0. The maximum atomic E-state index is 12.4. The molecule has 0 aromatic carbocycles. The van der Waals surface area contributed by atoms with E-state index >= 15 is 0 Å². The maximum Gasteiger partial charge on any atom is 0.279 e. The zero-order chi connectivity index (χ0) is 16.2. The Balaban J connectivity index is 1.57. The van der Waals surface area contributed by atoms with E-state index in [0.717, 1.165) is 38.8 Å². The van der Waals surface area contributed by atoms with Crippen molar-refractivity contribution < 1.29 is 9.90 Å². The Morgan fingerprint density at radius 3 is 2.78 bits per heavy atom. The second-order valence-corrected chi connectivity index (χ2v) is 6.48. The second-order valence-electron chi connectivity index (χ2n) is 6.48. The van der Waals surface area contributed by atoms with Crippen molar-refractivity contribution in [2.75, 3.05) is 32.8 Å². The number of aromatic nitrogens is 2. The number of carbonyl (C=O) groups excluding carboxylic acids is 1. The molecule has 2 aliphatic rings. The molecule has 2 fully saturated rings. The van der Waals surface area contributed by atoms with Gasteiger partial charge in [-0.2, -0.15) is 0 Å². The molecule has 3 rings (SSSR count). The van der Waals surface area contributed by atoms with Gasteiger partial charge in [-0.05, 0) is 38.1 Å². The number of H-pyrrole nitrogens is 1. The summed E-state index contributed by atoms with van der Waals surface area (Å²) in [7, 11) is 0. The van der Waals surface area contributed by atoms with Crippen molar-refractivity contribution in [3.8, 4) is 0 Å². The highest BCUT2D eigenvalue weighted by Crippen LogP contribution is 2.23. The number of hydrogen-bond donors (Lipinski definition) is 2. The monoisotopic (exact) mass is 320 g/mol. The number of nitrogens with zero attached hydrogens (tertiary/aromatic N) is 3. The van der Waals surface area contributed by atoms with E-state index in [1.165, 1.54) is 12.4 Å². The Morgan fingerprint density at radius 2 is 2.09 bits per heavy atom. The van der Waals surface area contributed by atoms with E-state index in [9.17, 15) is 14.7 Å². The van der Waals surface area contributed by atoms with Crippen LogP contribution in [-0.2, 0) is 0 Å². The lowest BCUT2D eigenvalue weighted by Crippen LogP contribution is -2.50. The van der Waals surface area contributed by atoms with Gasteiger partial charge in [-0.25, -0.2) is 4.98 Å². The number of rotatable bonds is 3. The van der Waals surface area contributed by atoms with Gasteiger partial charge in [0.1, 0.15) is 0 Å². The molecule has 0 spiro atoms. The third-order valence-corrected chi connectivity index (χ3v) is 4.99. The van der Waals surface area contributed by atoms with Gasteiger partial charge in [0.15, 0.2) is 5.69 Å². The summed E-state index contributed by atoms with van der Waals surface area (Å²) in [5.41, 5.74) is -0.453. The highest BCUT2D eigenvalue weighted by molar-refractivity contribution is 5.91. The van der Waals surface area contributed by atoms with Crippen LogP contribution in [0.1, 0.15) is 36.2 Å². The molecule has 3 heterocycles. The van der Waals surface area contributed by atoms with E-state index < -0.39 is 5.56 Å². The summed E-state index contributed by atoms with van der Waals surface area (Å²) in [5.74, 6) is 0.104. The number of aromatic amines is 1. The number of amides is 1. The number of aliphatic hydroxyl groups is 1. The first-order valence-corrected chi connectivity index (χ1v) is 8.37. The van der Waals surface area contributed by atoms with E-state index in [-0.39, 0.29) is 18.2 Å². The third-order valence-electron chi connectivity index (χ3n) is 4.99. The zero-order valence-electron chi connectivity index (χ0n) is 13.3. The van der Waals surface area contributed by atoms with Crippen molar-refractivity contribution in [1.29, 1.82) is 0 Å². The molecule has 23 heavy (non-hydrogen) atoms. The molecule has 7 heteroatoms. The molecular formula is C16H24N4O3. The smallest absolute Gasteiger partial charge is 0.279 e. The molecule has 126 valence electrons.